The molecular weight excluding hydrogens is 452 g/mol. The first-order valence-electron chi connectivity index (χ1n) is 11.1. The van der Waals surface area contributed by atoms with E-state index in [1.165, 1.54) is 4.88 Å². The molecule has 2 N–H and O–H groups in total. The van der Waals surface area contributed by atoms with Crippen LogP contribution in [0.4, 0.5) is 0 Å². The fourth-order valence-electron chi connectivity index (χ4n) is 3.74. The van der Waals surface area contributed by atoms with E-state index in [1.807, 2.05) is 50.2 Å². The smallest absolute Gasteiger partial charge is 0.309 e. The number of H-pyrrole nitrogens is 1. The Morgan fingerprint density at radius 2 is 1.76 bits per heavy atom. The first-order chi connectivity index (χ1) is 16.4. The number of benzene rings is 2. The van der Waals surface area contributed by atoms with Gasteiger partial charge in [0, 0.05) is 34.0 Å². The molecule has 2 aromatic heterocycles. The molecule has 34 heavy (non-hydrogen) atoms. The van der Waals surface area contributed by atoms with Gasteiger partial charge in [-0.25, -0.2) is 4.98 Å². The molecule has 2 aromatic carbocycles. The number of nitrogens with zero attached hydrogens (tertiary/aromatic N) is 1. The van der Waals surface area contributed by atoms with E-state index in [-0.39, 0.29) is 6.42 Å². The summed E-state index contributed by atoms with van der Waals surface area (Å²) in [4.78, 5) is 20.0. The van der Waals surface area contributed by atoms with Crippen molar-refractivity contribution < 1.29 is 24.1 Å². The number of thiazole rings is 1. The predicted molar refractivity (Wildman–Crippen MR) is 134 cm³/mol. The molecule has 4 rings (SSSR count). The van der Waals surface area contributed by atoms with Gasteiger partial charge in [-0.05, 0) is 56.7 Å². The number of methoxy groups -OCH3 is 1. The maximum absolute atomic E-state index is 11.0. The average Bonchev–Trinajstić information content (AvgIpc) is 3.31. The lowest BCUT2D eigenvalue weighted by molar-refractivity contribution is -0.136. The molecule has 0 atom stereocenters. The van der Waals surface area contributed by atoms with E-state index in [1.54, 1.807) is 18.4 Å². The molecule has 0 aliphatic carbocycles. The molecule has 0 saturated heterocycles. The van der Waals surface area contributed by atoms with Crippen LogP contribution >= 0.6 is 11.3 Å². The number of aromatic amines is 1. The SMILES string of the molecule is COc1cc(OCCCOc2ccc3[nH]c(CC(=O)O)c(C)c3c2)ccc1-c1nc(C)c(C)s1. The van der Waals surface area contributed by atoms with Crippen LogP contribution in [0.15, 0.2) is 36.4 Å². The summed E-state index contributed by atoms with van der Waals surface area (Å²) in [6.07, 6.45) is 0.687. The number of carboxylic acids is 1. The summed E-state index contributed by atoms with van der Waals surface area (Å²) in [5.41, 5.74) is 4.56. The third-order valence-corrected chi connectivity index (χ3v) is 6.83. The lowest BCUT2D eigenvalue weighted by atomic mass is 10.1. The number of fused-ring (bicyclic) bond motifs is 1. The monoisotopic (exact) mass is 480 g/mol. The molecule has 0 fully saturated rings. The van der Waals surface area contributed by atoms with Crippen LogP contribution in [0.2, 0.25) is 0 Å². The zero-order chi connectivity index (χ0) is 24.2. The van der Waals surface area contributed by atoms with Crippen molar-refractivity contribution in [3.63, 3.8) is 0 Å². The van der Waals surface area contributed by atoms with Gasteiger partial charge in [0.05, 0.1) is 38.0 Å². The van der Waals surface area contributed by atoms with Crippen LogP contribution in [0, 0.1) is 20.8 Å². The van der Waals surface area contributed by atoms with Crippen molar-refractivity contribution in [3.05, 3.63) is 58.2 Å². The van der Waals surface area contributed by atoms with Crippen molar-refractivity contribution in [1.29, 1.82) is 0 Å². The molecular formula is C26H28N2O5S. The van der Waals surface area contributed by atoms with E-state index in [0.29, 0.717) is 19.6 Å². The standard InChI is InChI=1S/C26H28N2O5S/c1-15-21-12-18(7-9-22(21)28-23(15)14-25(29)30)32-10-5-11-33-19-6-8-20(24(13-19)31-4)26-27-16(2)17(3)34-26/h6-9,12-13,28H,5,10-11,14H2,1-4H3,(H,29,30). The second-order valence-electron chi connectivity index (χ2n) is 8.08. The Kier molecular flexibility index (Phi) is 7.07. The lowest BCUT2D eigenvalue weighted by Gasteiger charge is -2.11. The van der Waals surface area contributed by atoms with E-state index in [2.05, 4.69) is 16.9 Å². The molecule has 0 aliphatic heterocycles. The van der Waals surface area contributed by atoms with Crippen LogP contribution in [0.5, 0.6) is 17.2 Å². The van der Waals surface area contributed by atoms with E-state index >= 15 is 0 Å². The Balaban J connectivity index is 1.31. The Morgan fingerprint density at radius 3 is 2.41 bits per heavy atom. The van der Waals surface area contributed by atoms with Crippen molar-refractivity contribution in [2.45, 2.75) is 33.6 Å². The van der Waals surface area contributed by atoms with Gasteiger partial charge in [-0.2, -0.15) is 0 Å². The number of aromatic nitrogens is 2. The quantitative estimate of drug-likeness (QED) is 0.283. The van der Waals surface area contributed by atoms with Crippen LogP contribution < -0.4 is 14.2 Å². The third kappa shape index (κ3) is 5.17. The average molecular weight is 481 g/mol. The van der Waals surface area contributed by atoms with Gasteiger partial charge in [0.2, 0.25) is 0 Å². The topological polar surface area (TPSA) is 93.7 Å². The van der Waals surface area contributed by atoms with E-state index in [0.717, 1.165) is 55.7 Å². The van der Waals surface area contributed by atoms with Crippen LogP contribution in [0.3, 0.4) is 0 Å². The number of aliphatic carboxylic acids is 1. The van der Waals surface area contributed by atoms with Crippen molar-refractivity contribution in [3.8, 4) is 27.8 Å². The largest absolute Gasteiger partial charge is 0.496 e. The van der Waals surface area contributed by atoms with Crippen LogP contribution in [-0.4, -0.2) is 41.4 Å². The van der Waals surface area contributed by atoms with Gasteiger partial charge >= 0.3 is 5.97 Å². The minimum absolute atomic E-state index is 0.0249. The molecule has 0 spiro atoms. The fourth-order valence-corrected chi connectivity index (χ4v) is 4.69. The summed E-state index contributed by atoms with van der Waals surface area (Å²) in [6.45, 7) is 7.01. The number of ether oxygens (including phenoxy) is 3. The Bertz CT molecular complexity index is 1300. The molecule has 7 nitrogen and oxygen atoms in total. The van der Waals surface area contributed by atoms with Gasteiger partial charge in [-0.15, -0.1) is 11.3 Å². The zero-order valence-corrected chi connectivity index (χ0v) is 20.5. The number of carboxylic acid groups (broad SMARTS) is 1. The van der Waals surface area contributed by atoms with Crippen molar-refractivity contribution in [2.75, 3.05) is 20.3 Å². The molecule has 0 unspecified atom stereocenters. The lowest BCUT2D eigenvalue weighted by Crippen LogP contribution is -2.05. The summed E-state index contributed by atoms with van der Waals surface area (Å²) < 4.78 is 17.4. The summed E-state index contributed by atoms with van der Waals surface area (Å²) in [5, 5.41) is 11.0. The molecule has 0 amide bonds. The van der Waals surface area contributed by atoms with Gasteiger partial charge in [-0.3, -0.25) is 4.79 Å². The highest BCUT2D eigenvalue weighted by atomic mass is 32.1. The predicted octanol–water partition coefficient (Wildman–Crippen LogP) is 5.70. The Hall–Kier alpha value is -3.52. The van der Waals surface area contributed by atoms with Crippen LogP contribution in [0.1, 0.15) is 28.2 Å². The molecule has 4 aromatic rings. The van der Waals surface area contributed by atoms with E-state index in [9.17, 15) is 4.79 Å². The summed E-state index contributed by atoms with van der Waals surface area (Å²) >= 11 is 1.65. The van der Waals surface area contributed by atoms with Crippen LogP contribution in [-0.2, 0) is 11.2 Å². The number of rotatable bonds is 10. The second-order valence-corrected chi connectivity index (χ2v) is 9.28. The van der Waals surface area contributed by atoms with Gasteiger partial charge in [0.15, 0.2) is 0 Å². The van der Waals surface area contributed by atoms with Crippen molar-refractivity contribution in [1.82, 2.24) is 9.97 Å². The number of hydrogen-bond acceptors (Lipinski definition) is 6. The minimum atomic E-state index is -0.855. The molecule has 8 heteroatoms. The number of aryl methyl sites for hydroxylation is 3. The van der Waals surface area contributed by atoms with E-state index < -0.39 is 5.97 Å². The summed E-state index contributed by atoms with van der Waals surface area (Å²) in [6, 6.07) is 11.5. The minimum Gasteiger partial charge on any atom is -0.496 e. The van der Waals surface area contributed by atoms with Gasteiger partial charge in [-0.1, -0.05) is 0 Å². The molecule has 0 radical (unpaired) electrons. The number of nitrogens with one attached hydrogen (secondary N) is 1. The highest BCUT2D eigenvalue weighted by Gasteiger charge is 2.13. The van der Waals surface area contributed by atoms with Crippen LogP contribution in [0.25, 0.3) is 21.5 Å². The maximum Gasteiger partial charge on any atom is 0.309 e. The zero-order valence-electron chi connectivity index (χ0n) is 19.7. The fraction of sp³-hybridized carbons (Fsp3) is 0.308. The van der Waals surface area contributed by atoms with Crippen molar-refractivity contribution >= 4 is 28.2 Å². The van der Waals surface area contributed by atoms with E-state index in [4.69, 9.17) is 19.3 Å². The number of carbonyl (C=O) groups is 1. The Morgan fingerprint density at radius 1 is 1.06 bits per heavy atom. The van der Waals surface area contributed by atoms with Gasteiger partial charge < -0.3 is 24.3 Å². The number of hydrogen-bond donors (Lipinski definition) is 2. The molecule has 2 heterocycles. The first-order valence-corrected chi connectivity index (χ1v) is 11.9. The highest BCUT2D eigenvalue weighted by molar-refractivity contribution is 7.15. The van der Waals surface area contributed by atoms with Crippen molar-refractivity contribution in [2.24, 2.45) is 0 Å². The van der Waals surface area contributed by atoms with Gasteiger partial charge in [0.1, 0.15) is 22.3 Å². The second kappa shape index (κ2) is 10.2. The maximum atomic E-state index is 11.0. The summed E-state index contributed by atoms with van der Waals surface area (Å²) in [5.74, 6) is 1.36. The summed E-state index contributed by atoms with van der Waals surface area (Å²) in [7, 11) is 1.65. The molecule has 0 saturated carbocycles. The molecule has 0 aliphatic rings. The first kappa shape index (κ1) is 23.6. The molecule has 178 valence electrons. The Labute approximate surface area is 202 Å². The third-order valence-electron chi connectivity index (χ3n) is 5.72. The molecule has 0 bridgehead atoms. The van der Waals surface area contributed by atoms with Gasteiger partial charge in [0.25, 0.3) is 0 Å². The highest BCUT2D eigenvalue weighted by Crippen LogP contribution is 2.36. The normalized spacial score (nSPS) is 11.1.